The first-order valence-corrected chi connectivity index (χ1v) is 12.5. The van der Waals surface area contributed by atoms with Crippen molar-refractivity contribution in [2.75, 3.05) is 69.9 Å². The number of rotatable bonds is 7. The van der Waals surface area contributed by atoms with Crippen LogP contribution >= 0.6 is 11.6 Å². The van der Waals surface area contributed by atoms with Crippen LogP contribution in [0.2, 0.25) is 5.02 Å². The zero-order valence-corrected chi connectivity index (χ0v) is 21.7. The van der Waals surface area contributed by atoms with Crippen molar-refractivity contribution >= 4 is 35.1 Å². The summed E-state index contributed by atoms with van der Waals surface area (Å²) in [6.07, 6.45) is 2.96. The van der Waals surface area contributed by atoms with Crippen LogP contribution in [0.15, 0.2) is 24.4 Å². The van der Waals surface area contributed by atoms with Gasteiger partial charge in [0.1, 0.15) is 11.3 Å². The number of carbonyl (C=O) groups excluding carboxylic acids is 2. The fourth-order valence-corrected chi connectivity index (χ4v) is 4.82. The predicted molar refractivity (Wildman–Crippen MR) is 136 cm³/mol. The van der Waals surface area contributed by atoms with Gasteiger partial charge in [0.25, 0.3) is 5.91 Å². The van der Waals surface area contributed by atoms with E-state index < -0.39 is 0 Å². The number of benzene rings is 1. The average molecular weight is 518 g/mol. The number of piperidine rings is 1. The molecule has 2 aromatic rings. The zero-order valence-electron chi connectivity index (χ0n) is 20.9. The Kier molecular flexibility index (Phi) is 8.35. The Bertz CT molecular complexity index is 1090. The van der Waals surface area contributed by atoms with Crippen LogP contribution in [-0.2, 0) is 9.53 Å². The molecule has 1 atom stereocenters. The van der Waals surface area contributed by atoms with E-state index in [9.17, 15) is 9.59 Å². The average Bonchev–Trinajstić information content (AvgIpc) is 2.92. The van der Waals surface area contributed by atoms with Crippen LogP contribution in [0.3, 0.4) is 0 Å². The Morgan fingerprint density at radius 2 is 1.83 bits per heavy atom. The second-order valence-electron chi connectivity index (χ2n) is 8.73. The summed E-state index contributed by atoms with van der Waals surface area (Å²) in [6.45, 7) is 5.80. The number of halogens is 1. The fourth-order valence-electron chi connectivity index (χ4n) is 4.65. The molecule has 2 aliphatic rings. The largest absolute Gasteiger partial charge is 0.495 e. The third-order valence-electron chi connectivity index (χ3n) is 6.54. The molecular formula is C25H32ClN5O5. The van der Waals surface area contributed by atoms with Gasteiger partial charge >= 0.3 is 5.97 Å². The Balaban J connectivity index is 1.44. The van der Waals surface area contributed by atoms with E-state index in [0.717, 1.165) is 30.9 Å². The summed E-state index contributed by atoms with van der Waals surface area (Å²) in [5.74, 6) is 0.680. The number of carbonyl (C=O) groups is 2. The topological polar surface area (TPSA) is 97.3 Å². The van der Waals surface area contributed by atoms with Gasteiger partial charge in [0.2, 0.25) is 11.8 Å². The van der Waals surface area contributed by atoms with Crippen LogP contribution in [-0.4, -0.2) is 86.8 Å². The smallest absolute Gasteiger partial charge is 0.310 e. The number of hydrogen-bond donors (Lipinski definition) is 0. The standard InChI is InChI=1S/C25H32ClN5O5/c1-4-36-24(33)17-6-5-9-31(16-17)23(32)19-15-27-25(28-22(19)35-3)30-12-10-29(11-13-30)20-14-18(26)7-8-21(20)34-2/h7-8,14-15,17H,4-6,9-13,16H2,1-3H3. The molecule has 36 heavy (non-hydrogen) atoms. The van der Waals surface area contributed by atoms with Crippen molar-refractivity contribution in [3.63, 3.8) is 0 Å². The number of piperazine rings is 1. The Morgan fingerprint density at radius 1 is 1.08 bits per heavy atom. The lowest BCUT2D eigenvalue weighted by molar-refractivity contribution is -0.149. The summed E-state index contributed by atoms with van der Waals surface area (Å²) in [7, 11) is 3.14. The lowest BCUT2D eigenvalue weighted by Crippen LogP contribution is -2.47. The minimum Gasteiger partial charge on any atom is -0.495 e. The molecule has 11 heteroatoms. The van der Waals surface area contributed by atoms with Crippen molar-refractivity contribution < 1.29 is 23.8 Å². The highest BCUT2D eigenvalue weighted by atomic mass is 35.5. The van der Waals surface area contributed by atoms with E-state index in [1.807, 2.05) is 18.2 Å². The molecule has 1 unspecified atom stereocenters. The van der Waals surface area contributed by atoms with Crippen LogP contribution in [0.25, 0.3) is 0 Å². The van der Waals surface area contributed by atoms with Gasteiger partial charge in [0, 0.05) is 50.5 Å². The van der Waals surface area contributed by atoms with E-state index in [1.54, 1.807) is 18.9 Å². The van der Waals surface area contributed by atoms with Crippen LogP contribution in [0.5, 0.6) is 11.6 Å². The molecule has 10 nitrogen and oxygen atoms in total. The minimum absolute atomic E-state index is 0.224. The molecule has 194 valence electrons. The van der Waals surface area contributed by atoms with Crippen molar-refractivity contribution in [2.24, 2.45) is 5.92 Å². The van der Waals surface area contributed by atoms with Gasteiger partial charge in [0.15, 0.2) is 0 Å². The Hall–Kier alpha value is -3.27. The molecule has 0 N–H and O–H groups in total. The number of likely N-dealkylation sites (tertiary alicyclic amines) is 1. The van der Waals surface area contributed by atoms with E-state index >= 15 is 0 Å². The van der Waals surface area contributed by atoms with E-state index in [0.29, 0.717) is 50.2 Å². The van der Waals surface area contributed by atoms with E-state index in [2.05, 4.69) is 19.8 Å². The zero-order chi connectivity index (χ0) is 25.7. The Labute approximate surface area is 216 Å². The quantitative estimate of drug-likeness (QED) is 0.513. The first kappa shape index (κ1) is 25.8. The number of ether oxygens (including phenoxy) is 3. The molecule has 0 saturated carbocycles. The number of aromatic nitrogens is 2. The third kappa shape index (κ3) is 5.59. The van der Waals surface area contributed by atoms with Crippen LogP contribution in [0.1, 0.15) is 30.1 Å². The molecule has 2 saturated heterocycles. The first-order valence-electron chi connectivity index (χ1n) is 12.2. The van der Waals surface area contributed by atoms with Gasteiger partial charge < -0.3 is 28.9 Å². The second-order valence-corrected chi connectivity index (χ2v) is 9.16. The molecule has 1 aromatic heterocycles. The SMILES string of the molecule is CCOC(=O)C1CCCN(C(=O)c2cnc(N3CCN(c4cc(Cl)ccc4OC)CC3)nc2OC)C1. The molecular weight excluding hydrogens is 486 g/mol. The summed E-state index contributed by atoms with van der Waals surface area (Å²) in [5.41, 5.74) is 1.24. The van der Waals surface area contributed by atoms with Crippen LogP contribution < -0.4 is 19.3 Å². The molecule has 3 heterocycles. The van der Waals surface area contributed by atoms with Crippen molar-refractivity contribution in [1.29, 1.82) is 0 Å². The van der Waals surface area contributed by atoms with Gasteiger partial charge in [-0.05, 0) is 38.0 Å². The number of anilines is 2. The Morgan fingerprint density at radius 3 is 2.53 bits per heavy atom. The van der Waals surface area contributed by atoms with E-state index in [4.69, 9.17) is 25.8 Å². The molecule has 1 aromatic carbocycles. The summed E-state index contributed by atoms with van der Waals surface area (Å²) < 4.78 is 16.1. The summed E-state index contributed by atoms with van der Waals surface area (Å²) >= 11 is 6.20. The lowest BCUT2D eigenvalue weighted by atomic mass is 9.97. The molecule has 0 bridgehead atoms. The highest BCUT2D eigenvalue weighted by Crippen LogP contribution is 2.32. The van der Waals surface area contributed by atoms with Gasteiger partial charge in [-0.15, -0.1) is 0 Å². The monoisotopic (exact) mass is 517 g/mol. The third-order valence-corrected chi connectivity index (χ3v) is 6.77. The van der Waals surface area contributed by atoms with Gasteiger partial charge in [0.05, 0.1) is 32.4 Å². The molecule has 1 amide bonds. The number of amides is 1. The highest BCUT2D eigenvalue weighted by Gasteiger charge is 2.32. The van der Waals surface area contributed by atoms with Crippen molar-refractivity contribution in [2.45, 2.75) is 19.8 Å². The normalized spacial score (nSPS) is 18.1. The van der Waals surface area contributed by atoms with Gasteiger partial charge in [-0.2, -0.15) is 4.98 Å². The van der Waals surface area contributed by atoms with E-state index in [1.165, 1.54) is 13.3 Å². The maximum atomic E-state index is 13.3. The molecule has 0 spiro atoms. The van der Waals surface area contributed by atoms with Gasteiger partial charge in [-0.3, -0.25) is 9.59 Å². The minimum atomic E-state index is -0.316. The molecule has 4 rings (SSSR count). The van der Waals surface area contributed by atoms with Crippen molar-refractivity contribution in [1.82, 2.24) is 14.9 Å². The van der Waals surface area contributed by atoms with E-state index in [-0.39, 0.29) is 29.2 Å². The van der Waals surface area contributed by atoms with Gasteiger partial charge in [-0.25, -0.2) is 4.98 Å². The molecule has 0 radical (unpaired) electrons. The first-order chi connectivity index (χ1) is 17.4. The number of methoxy groups -OCH3 is 2. The van der Waals surface area contributed by atoms with Crippen molar-refractivity contribution in [3.05, 3.63) is 35.0 Å². The summed E-state index contributed by atoms with van der Waals surface area (Å²) in [6, 6.07) is 5.58. The predicted octanol–water partition coefficient (Wildman–Crippen LogP) is 2.89. The number of hydrogen-bond acceptors (Lipinski definition) is 9. The second kappa shape index (κ2) is 11.6. The summed E-state index contributed by atoms with van der Waals surface area (Å²) in [4.78, 5) is 40.4. The number of nitrogens with zero attached hydrogens (tertiary/aromatic N) is 5. The van der Waals surface area contributed by atoms with Crippen LogP contribution in [0.4, 0.5) is 11.6 Å². The molecule has 2 aliphatic heterocycles. The maximum Gasteiger partial charge on any atom is 0.310 e. The molecule has 0 aliphatic carbocycles. The lowest BCUT2D eigenvalue weighted by Gasteiger charge is -2.36. The van der Waals surface area contributed by atoms with Gasteiger partial charge in [-0.1, -0.05) is 11.6 Å². The fraction of sp³-hybridized carbons (Fsp3) is 0.520. The highest BCUT2D eigenvalue weighted by molar-refractivity contribution is 6.31. The number of esters is 1. The van der Waals surface area contributed by atoms with Crippen LogP contribution in [0, 0.1) is 5.92 Å². The summed E-state index contributed by atoms with van der Waals surface area (Å²) in [5, 5.41) is 0.656. The maximum absolute atomic E-state index is 13.3. The van der Waals surface area contributed by atoms with Crippen molar-refractivity contribution in [3.8, 4) is 11.6 Å². The molecule has 2 fully saturated rings.